The number of benzene rings is 1. The van der Waals surface area contributed by atoms with Crippen molar-refractivity contribution >= 4 is 18.3 Å². The van der Waals surface area contributed by atoms with E-state index >= 15 is 0 Å². The van der Waals surface area contributed by atoms with Crippen LogP contribution in [0, 0.1) is 5.82 Å². The first-order valence-corrected chi connectivity index (χ1v) is 6.84. The van der Waals surface area contributed by atoms with Crippen LogP contribution in [0.15, 0.2) is 24.3 Å². The number of likely N-dealkylation sites (tertiary alicyclic amines) is 1. The van der Waals surface area contributed by atoms with Crippen LogP contribution in [0.1, 0.15) is 31.2 Å². The third-order valence-corrected chi connectivity index (χ3v) is 3.82. The van der Waals surface area contributed by atoms with Gasteiger partial charge < -0.3 is 10.2 Å². The number of likely N-dealkylation sites (N-methyl/N-ethyl adjacent to an activating group) is 1. The molecule has 1 aliphatic rings. The summed E-state index contributed by atoms with van der Waals surface area (Å²) in [6, 6.07) is 6.60. The molecule has 20 heavy (non-hydrogen) atoms. The zero-order valence-electron chi connectivity index (χ0n) is 11.9. The maximum absolute atomic E-state index is 13.2. The van der Waals surface area contributed by atoms with Gasteiger partial charge in [0, 0.05) is 19.1 Å². The Labute approximate surface area is 125 Å². The molecule has 0 radical (unpaired) electrons. The van der Waals surface area contributed by atoms with Crippen molar-refractivity contribution in [2.24, 2.45) is 0 Å². The Bertz CT molecular complexity index is 455. The highest BCUT2D eigenvalue weighted by Crippen LogP contribution is 2.24. The van der Waals surface area contributed by atoms with Crippen LogP contribution in [-0.2, 0) is 4.79 Å². The smallest absolute Gasteiger partial charge is 0.230 e. The summed E-state index contributed by atoms with van der Waals surface area (Å²) in [6.07, 6.45) is 2.09. The summed E-state index contributed by atoms with van der Waals surface area (Å²) in [7, 11) is 1.90. The molecule has 1 fully saturated rings. The van der Waals surface area contributed by atoms with Gasteiger partial charge in [-0.1, -0.05) is 12.1 Å². The summed E-state index contributed by atoms with van der Waals surface area (Å²) in [5.74, 6) is -0.471. The molecule has 2 unspecified atom stereocenters. The minimum atomic E-state index is -0.287. The van der Waals surface area contributed by atoms with Crippen molar-refractivity contribution in [1.29, 1.82) is 0 Å². The van der Waals surface area contributed by atoms with E-state index in [1.165, 1.54) is 12.1 Å². The highest BCUT2D eigenvalue weighted by Gasteiger charge is 2.31. The fourth-order valence-electron chi connectivity index (χ4n) is 2.74. The van der Waals surface area contributed by atoms with Crippen molar-refractivity contribution in [2.75, 3.05) is 20.1 Å². The van der Waals surface area contributed by atoms with E-state index in [1.807, 2.05) is 24.9 Å². The van der Waals surface area contributed by atoms with E-state index in [4.69, 9.17) is 0 Å². The molecule has 1 aliphatic heterocycles. The fraction of sp³-hybridized carbons (Fsp3) is 0.533. The largest absolute Gasteiger partial charge is 0.338 e. The Morgan fingerprint density at radius 3 is 2.95 bits per heavy atom. The molecule has 1 amide bonds. The standard InChI is InChI=1S/C15H21FN2O.ClH/c1-11(12-5-3-6-13(16)9-12)15(19)18-8-4-7-14(18)10-17-2;/h3,5-6,9,11,14,17H,4,7-8,10H2,1-2H3;1H. The van der Waals surface area contributed by atoms with E-state index in [2.05, 4.69) is 5.32 Å². The summed E-state index contributed by atoms with van der Waals surface area (Å²) in [4.78, 5) is 14.5. The topological polar surface area (TPSA) is 32.3 Å². The number of amides is 1. The molecule has 2 rings (SSSR count). The number of nitrogens with one attached hydrogen (secondary N) is 1. The molecule has 0 aliphatic carbocycles. The van der Waals surface area contributed by atoms with Gasteiger partial charge in [-0.3, -0.25) is 4.79 Å². The number of rotatable bonds is 4. The predicted molar refractivity (Wildman–Crippen MR) is 80.7 cm³/mol. The van der Waals surface area contributed by atoms with Gasteiger partial charge in [0.15, 0.2) is 0 Å². The van der Waals surface area contributed by atoms with Crippen LogP contribution >= 0.6 is 12.4 Å². The first-order valence-electron chi connectivity index (χ1n) is 6.84. The van der Waals surface area contributed by atoms with Gasteiger partial charge in [-0.15, -0.1) is 12.4 Å². The molecular formula is C15H22ClFN2O. The number of carbonyl (C=O) groups excluding carboxylic acids is 1. The maximum atomic E-state index is 13.2. The SMILES string of the molecule is CNCC1CCCN1C(=O)C(C)c1cccc(F)c1.Cl. The van der Waals surface area contributed by atoms with E-state index in [0.29, 0.717) is 0 Å². The molecule has 1 N–H and O–H groups in total. The summed E-state index contributed by atoms with van der Waals surface area (Å²) in [5, 5.41) is 3.13. The van der Waals surface area contributed by atoms with Gasteiger partial charge in [-0.25, -0.2) is 4.39 Å². The second-order valence-electron chi connectivity index (χ2n) is 5.16. The summed E-state index contributed by atoms with van der Waals surface area (Å²) >= 11 is 0. The average molecular weight is 301 g/mol. The molecule has 1 heterocycles. The second kappa shape index (κ2) is 7.60. The van der Waals surface area contributed by atoms with Crippen LogP contribution in [0.3, 0.4) is 0 Å². The van der Waals surface area contributed by atoms with E-state index in [9.17, 15) is 9.18 Å². The van der Waals surface area contributed by atoms with Crippen molar-refractivity contribution in [1.82, 2.24) is 10.2 Å². The molecule has 1 aromatic rings. The van der Waals surface area contributed by atoms with Crippen LogP contribution in [0.25, 0.3) is 0 Å². The lowest BCUT2D eigenvalue weighted by atomic mass is 9.99. The fourth-order valence-corrected chi connectivity index (χ4v) is 2.74. The van der Waals surface area contributed by atoms with E-state index in [0.717, 1.165) is 31.5 Å². The van der Waals surface area contributed by atoms with Gasteiger partial charge in [0.1, 0.15) is 5.82 Å². The zero-order chi connectivity index (χ0) is 13.8. The normalized spacial score (nSPS) is 19.6. The van der Waals surface area contributed by atoms with Gasteiger partial charge in [-0.05, 0) is 44.5 Å². The number of hydrogen-bond acceptors (Lipinski definition) is 2. The Kier molecular flexibility index (Phi) is 6.43. The van der Waals surface area contributed by atoms with Crippen LogP contribution < -0.4 is 5.32 Å². The molecular weight excluding hydrogens is 279 g/mol. The number of carbonyl (C=O) groups is 1. The van der Waals surface area contributed by atoms with Crippen molar-refractivity contribution in [2.45, 2.75) is 31.7 Å². The van der Waals surface area contributed by atoms with Crippen LogP contribution in [0.2, 0.25) is 0 Å². The number of nitrogens with zero attached hydrogens (tertiary/aromatic N) is 1. The second-order valence-corrected chi connectivity index (χ2v) is 5.16. The first kappa shape index (κ1) is 16.9. The van der Waals surface area contributed by atoms with E-state index in [-0.39, 0.29) is 36.1 Å². The Morgan fingerprint density at radius 2 is 2.30 bits per heavy atom. The van der Waals surface area contributed by atoms with Crippen molar-refractivity contribution in [3.8, 4) is 0 Å². The third kappa shape index (κ3) is 3.70. The van der Waals surface area contributed by atoms with Gasteiger partial charge in [0.25, 0.3) is 0 Å². The van der Waals surface area contributed by atoms with Crippen molar-refractivity contribution < 1.29 is 9.18 Å². The van der Waals surface area contributed by atoms with E-state index < -0.39 is 0 Å². The summed E-state index contributed by atoms with van der Waals surface area (Å²) < 4.78 is 13.2. The molecule has 3 nitrogen and oxygen atoms in total. The van der Waals surface area contributed by atoms with Crippen LogP contribution in [0.4, 0.5) is 4.39 Å². The van der Waals surface area contributed by atoms with E-state index in [1.54, 1.807) is 6.07 Å². The molecule has 0 bridgehead atoms. The minimum absolute atomic E-state index is 0. The maximum Gasteiger partial charge on any atom is 0.230 e. The molecule has 0 spiro atoms. The lowest BCUT2D eigenvalue weighted by Crippen LogP contribution is -2.42. The number of halogens is 2. The van der Waals surface area contributed by atoms with Gasteiger partial charge in [0.2, 0.25) is 5.91 Å². The van der Waals surface area contributed by atoms with Crippen LogP contribution in [-0.4, -0.2) is 37.0 Å². The first-order chi connectivity index (χ1) is 9.13. The number of hydrogen-bond donors (Lipinski definition) is 1. The minimum Gasteiger partial charge on any atom is -0.338 e. The quantitative estimate of drug-likeness (QED) is 0.927. The Balaban J connectivity index is 0.00000200. The predicted octanol–water partition coefficient (Wildman–Crippen LogP) is 2.56. The van der Waals surface area contributed by atoms with Crippen LogP contribution in [0.5, 0.6) is 0 Å². The molecule has 5 heteroatoms. The average Bonchev–Trinajstić information content (AvgIpc) is 2.86. The van der Waals surface area contributed by atoms with Gasteiger partial charge in [-0.2, -0.15) is 0 Å². The summed E-state index contributed by atoms with van der Waals surface area (Å²) in [5.41, 5.74) is 0.750. The van der Waals surface area contributed by atoms with Gasteiger partial charge in [0.05, 0.1) is 5.92 Å². The molecule has 1 saturated heterocycles. The van der Waals surface area contributed by atoms with Crippen molar-refractivity contribution in [3.05, 3.63) is 35.6 Å². The monoisotopic (exact) mass is 300 g/mol. The lowest BCUT2D eigenvalue weighted by Gasteiger charge is -2.27. The zero-order valence-corrected chi connectivity index (χ0v) is 12.8. The molecule has 2 atom stereocenters. The molecule has 0 aromatic heterocycles. The molecule has 0 saturated carbocycles. The lowest BCUT2D eigenvalue weighted by molar-refractivity contribution is -0.133. The molecule has 1 aromatic carbocycles. The molecule has 112 valence electrons. The van der Waals surface area contributed by atoms with Gasteiger partial charge >= 0.3 is 0 Å². The highest BCUT2D eigenvalue weighted by molar-refractivity contribution is 5.85. The summed E-state index contributed by atoms with van der Waals surface area (Å²) in [6.45, 7) is 3.48. The Hall–Kier alpha value is -1.13. The third-order valence-electron chi connectivity index (χ3n) is 3.82. The van der Waals surface area contributed by atoms with Crippen molar-refractivity contribution in [3.63, 3.8) is 0 Å². The highest BCUT2D eigenvalue weighted by atomic mass is 35.5. The Morgan fingerprint density at radius 1 is 1.55 bits per heavy atom.